The Morgan fingerprint density at radius 3 is 2.44 bits per heavy atom. The second-order valence-electron chi connectivity index (χ2n) is 4.17. The summed E-state index contributed by atoms with van der Waals surface area (Å²) in [4.78, 5) is 2.44. The highest BCUT2D eigenvalue weighted by Crippen LogP contribution is 2.13. The van der Waals surface area contributed by atoms with E-state index in [0.29, 0.717) is 0 Å². The molecule has 0 aromatic heterocycles. The Balaban J connectivity index is 2.01. The van der Waals surface area contributed by atoms with Crippen molar-refractivity contribution in [2.75, 3.05) is 13.1 Å². The highest BCUT2D eigenvalue weighted by Gasteiger charge is 2.11. The molecule has 0 unspecified atom stereocenters. The maximum Gasteiger partial charge on any atom is 0.170 e. The third-order valence-electron chi connectivity index (χ3n) is 2.96. The predicted molar refractivity (Wildman–Crippen MR) is 63.5 cm³/mol. The quantitative estimate of drug-likeness (QED) is 0.349. The zero-order valence-electron chi connectivity index (χ0n) is 9.26. The first-order valence-corrected chi connectivity index (χ1v) is 5.59. The molecular formula is C12H17N3O. The summed E-state index contributed by atoms with van der Waals surface area (Å²) in [5.41, 5.74) is 7.53. The van der Waals surface area contributed by atoms with E-state index in [0.717, 1.165) is 12.1 Å². The monoisotopic (exact) mass is 219 g/mol. The molecule has 1 heterocycles. The van der Waals surface area contributed by atoms with Crippen LogP contribution in [-0.2, 0) is 6.54 Å². The summed E-state index contributed by atoms with van der Waals surface area (Å²) in [6.45, 7) is 3.39. The van der Waals surface area contributed by atoms with Crippen molar-refractivity contribution >= 4 is 5.84 Å². The van der Waals surface area contributed by atoms with Crippen molar-refractivity contribution in [2.24, 2.45) is 10.9 Å². The lowest BCUT2D eigenvalue weighted by Crippen LogP contribution is -2.18. The fourth-order valence-electron chi connectivity index (χ4n) is 2.04. The van der Waals surface area contributed by atoms with E-state index in [2.05, 4.69) is 10.1 Å². The molecule has 1 saturated heterocycles. The molecule has 0 amide bonds. The molecular weight excluding hydrogens is 202 g/mol. The Bertz CT molecular complexity index is 366. The summed E-state index contributed by atoms with van der Waals surface area (Å²) < 4.78 is 0. The lowest BCUT2D eigenvalue weighted by atomic mass is 10.1. The van der Waals surface area contributed by atoms with E-state index in [1.807, 2.05) is 24.3 Å². The van der Waals surface area contributed by atoms with Crippen molar-refractivity contribution in [3.05, 3.63) is 35.4 Å². The first kappa shape index (κ1) is 11.0. The number of likely N-dealkylation sites (tertiary alicyclic amines) is 1. The summed E-state index contributed by atoms with van der Waals surface area (Å²) in [5, 5.41) is 11.5. The lowest BCUT2D eigenvalue weighted by molar-refractivity contribution is 0.318. The van der Waals surface area contributed by atoms with Gasteiger partial charge in [-0.2, -0.15) is 0 Å². The van der Waals surface area contributed by atoms with E-state index in [-0.39, 0.29) is 5.84 Å². The normalized spacial score (nSPS) is 17.9. The molecule has 2 rings (SSSR count). The maximum atomic E-state index is 8.54. The molecule has 4 heteroatoms. The van der Waals surface area contributed by atoms with E-state index >= 15 is 0 Å². The van der Waals surface area contributed by atoms with Gasteiger partial charge in [0.15, 0.2) is 5.84 Å². The number of rotatable bonds is 3. The van der Waals surface area contributed by atoms with Crippen LogP contribution >= 0.6 is 0 Å². The van der Waals surface area contributed by atoms with E-state index < -0.39 is 0 Å². The first-order valence-electron chi connectivity index (χ1n) is 5.59. The van der Waals surface area contributed by atoms with Gasteiger partial charge in [-0.25, -0.2) is 0 Å². The van der Waals surface area contributed by atoms with Gasteiger partial charge in [0.05, 0.1) is 0 Å². The molecule has 0 atom stereocenters. The molecule has 0 spiro atoms. The van der Waals surface area contributed by atoms with Crippen molar-refractivity contribution in [1.29, 1.82) is 0 Å². The molecule has 0 saturated carbocycles. The number of hydrogen-bond acceptors (Lipinski definition) is 3. The third kappa shape index (κ3) is 2.52. The zero-order chi connectivity index (χ0) is 11.4. The molecule has 86 valence electrons. The fourth-order valence-corrected chi connectivity index (χ4v) is 2.04. The average Bonchev–Trinajstić information content (AvgIpc) is 2.82. The van der Waals surface area contributed by atoms with Crippen LogP contribution in [0.25, 0.3) is 0 Å². The number of nitrogens with two attached hydrogens (primary N) is 1. The van der Waals surface area contributed by atoms with Crippen LogP contribution in [0, 0.1) is 0 Å². The van der Waals surface area contributed by atoms with Gasteiger partial charge < -0.3 is 10.9 Å². The number of amidine groups is 1. The molecule has 4 nitrogen and oxygen atoms in total. The summed E-state index contributed by atoms with van der Waals surface area (Å²) in [6, 6.07) is 7.85. The molecule has 1 aliphatic rings. The number of nitrogens with zero attached hydrogens (tertiary/aromatic N) is 2. The molecule has 3 N–H and O–H groups in total. The van der Waals surface area contributed by atoms with Crippen LogP contribution < -0.4 is 5.73 Å². The van der Waals surface area contributed by atoms with Gasteiger partial charge >= 0.3 is 0 Å². The number of hydrogen-bond donors (Lipinski definition) is 2. The standard InChI is InChI=1S/C12H17N3O/c13-12(14-16)11-5-3-10(4-6-11)9-15-7-1-2-8-15/h3-6,16H,1-2,7-9H2,(H2,13,14). The van der Waals surface area contributed by atoms with Crippen LogP contribution in [0.3, 0.4) is 0 Å². The second-order valence-corrected chi connectivity index (χ2v) is 4.17. The second kappa shape index (κ2) is 4.99. The van der Waals surface area contributed by atoms with Crippen molar-refractivity contribution in [2.45, 2.75) is 19.4 Å². The van der Waals surface area contributed by atoms with Gasteiger partial charge in [-0.05, 0) is 31.5 Å². The van der Waals surface area contributed by atoms with E-state index in [1.54, 1.807) is 0 Å². The molecule has 16 heavy (non-hydrogen) atoms. The van der Waals surface area contributed by atoms with Gasteiger partial charge in [0.2, 0.25) is 0 Å². The van der Waals surface area contributed by atoms with Crippen molar-refractivity contribution in [3.63, 3.8) is 0 Å². The van der Waals surface area contributed by atoms with Gasteiger partial charge in [0.25, 0.3) is 0 Å². The number of oxime groups is 1. The van der Waals surface area contributed by atoms with Crippen LogP contribution in [0.15, 0.2) is 29.4 Å². The molecule has 1 aromatic carbocycles. The van der Waals surface area contributed by atoms with E-state index in [4.69, 9.17) is 10.9 Å². The summed E-state index contributed by atoms with van der Waals surface area (Å²) in [5.74, 6) is 0.160. The molecule has 0 aliphatic carbocycles. The van der Waals surface area contributed by atoms with Crippen LogP contribution in [0.5, 0.6) is 0 Å². The van der Waals surface area contributed by atoms with Crippen LogP contribution in [0.4, 0.5) is 0 Å². The van der Waals surface area contributed by atoms with Gasteiger partial charge in [0, 0.05) is 12.1 Å². The highest BCUT2D eigenvalue weighted by atomic mass is 16.4. The zero-order valence-corrected chi connectivity index (χ0v) is 9.26. The van der Waals surface area contributed by atoms with Crippen LogP contribution in [-0.4, -0.2) is 29.0 Å². The SMILES string of the molecule is NC(=NO)c1ccc(CN2CCCC2)cc1. The van der Waals surface area contributed by atoms with Gasteiger partial charge in [-0.1, -0.05) is 29.4 Å². The van der Waals surface area contributed by atoms with Gasteiger partial charge in [0.1, 0.15) is 0 Å². The Hall–Kier alpha value is -1.55. The van der Waals surface area contributed by atoms with E-state index in [9.17, 15) is 0 Å². The molecule has 0 bridgehead atoms. The minimum atomic E-state index is 0.160. The summed E-state index contributed by atoms with van der Waals surface area (Å²) in [6.07, 6.45) is 2.62. The Morgan fingerprint density at radius 2 is 1.88 bits per heavy atom. The molecule has 0 radical (unpaired) electrons. The molecule has 1 fully saturated rings. The fraction of sp³-hybridized carbons (Fsp3) is 0.417. The van der Waals surface area contributed by atoms with Crippen molar-refractivity contribution in [1.82, 2.24) is 4.90 Å². The molecule has 1 aromatic rings. The Morgan fingerprint density at radius 1 is 1.25 bits per heavy atom. The van der Waals surface area contributed by atoms with E-state index in [1.165, 1.54) is 31.5 Å². The van der Waals surface area contributed by atoms with Crippen LogP contribution in [0.1, 0.15) is 24.0 Å². The van der Waals surface area contributed by atoms with Crippen molar-refractivity contribution in [3.8, 4) is 0 Å². The third-order valence-corrected chi connectivity index (χ3v) is 2.96. The lowest BCUT2D eigenvalue weighted by Gasteiger charge is -2.14. The van der Waals surface area contributed by atoms with Crippen LogP contribution in [0.2, 0.25) is 0 Å². The number of benzene rings is 1. The average molecular weight is 219 g/mol. The van der Waals surface area contributed by atoms with Crippen molar-refractivity contribution < 1.29 is 5.21 Å². The minimum absolute atomic E-state index is 0.160. The smallest absolute Gasteiger partial charge is 0.170 e. The highest BCUT2D eigenvalue weighted by molar-refractivity contribution is 5.96. The topological polar surface area (TPSA) is 61.9 Å². The van der Waals surface area contributed by atoms with Gasteiger partial charge in [-0.15, -0.1) is 0 Å². The van der Waals surface area contributed by atoms with Gasteiger partial charge in [-0.3, -0.25) is 4.90 Å². The molecule has 1 aliphatic heterocycles. The summed E-state index contributed by atoms with van der Waals surface area (Å²) >= 11 is 0. The largest absolute Gasteiger partial charge is 0.409 e. The predicted octanol–water partition coefficient (Wildman–Crippen LogP) is 1.38. The Kier molecular flexibility index (Phi) is 3.41. The first-order chi connectivity index (χ1) is 7.79. The Labute approximate surface area is 95.4 Å². The minimum Gasteiger partial charge on any atom is -0.409 e. The maximum absolute atomic E-state index is 8.54. The summed E-state index contributed by atoms with van der Waals surface area (Å²) in [7, 11) is 0.